The molecule has 0 spiro atoms. The van der Waals surface area contributed by atoms with Crippen molar-refractivity contribution in [1.82, 2.24) is 0 Å². The maximum atomic E-state index is 12.8. The van der Waals surface area contributed by atoms with Gasteiger partial charge in [0.2, 0.25) is 5.91 Å². The third-order valence-electron chi connectivity index (χ3n) is 4.14. The molecule has 0 aliphatic heterocycles. The molecule has 0 aliphatic carbocycles. The van der Waals surface area contributed by atoms with Crippen LogP contribution in [0.4, 0.5) is 18.2 Å². The Morgan fingerprint density at radius 2 is 1.80 bits per heavy atom. The second kappa shape index (κ2) is 8.96. The topological polar surface area (TPSA) is 55.4 Å². The average Bonchev–Trinajstić information content (AvgIpc) is 3.15. The van der Waals surface area contributed by atoms with Gasteiger partial charge in [0.05, 0.1) is 12.7 Å². The van der Waals surface area contributed by atoms with Crippen LogP contribution in [0.2, 0.25) is 0 Å². The standard InChI is InChI=1S/C22H16F3NO3S/c1-29-21(28)19-17(15-7-3-2-4-8-15)13-30-20(19)26-18(27)11-10-14-6-5-9-16(12-14)22(23,24)25/h2-13H,1H3,(H,26,27)/b11-10+. The molecule has 1 heterocycles. The summed E-state index contributed by atoms with van der Waals surface area (Å²) in [6, 6.07) is 13.8. The van der Waals surface area contributed by atoms with Gasteiger partial charge in [0, 0.05) is 17.0 Å². The smallest absolute Gasteiger partial charge is 0.416 e. The SMILES string of the molecule is COC(=O)c1c(-c2ccccc2)csc1NC(=O)/C=C/c1cccc(C(F)(F)F)c1. The molecule has 1 N–H and O–H groups in total. The number of methoxy groups -OCH3 is 1. The Balaban J connectivity index is 1.83. The third-order valence-corrected chi connectivity index (χ3v) is 5.04. The Bertz CT molecular complexity index is 1090. The molecule has 0 saturated heterocycles. The molecule has 0 fully saturated rings. The molecule has 4 nitrogen and oxygen atoms in total. The summed E-state index contributed by atoms with van der Waals surface area (Å²) in [4.78, 5) is 24.6. The van der Waals surface area contributed by atoms with Crippen LogP contribution in [0.3, 0.4) is 0 Å². The molecule has 0 aliphatic rings. The minimum atomic E-state index is -4.47. The van der Waals surface area contributed by atoms with Crippen LogP contribution in [-0.4, -0.2) is 19.0 Å². The van der Waals surface area contributed by atoms with Crippen LogP contribution in [0.5, 0.6) is 0 Å². The van der Waals surface area contributed by atoms with Gasteiger partial charge < -0.3 is 10.1 Å². The number of hydrogen-bond donors (Lipinski definition) is 1. The first-order valence-electron chi connectivity index (χ1n) is 8.71. The van der Waals surface area contributed by atoms with Gasteiger partial charge in [0.1, 0.15) is 10.6 Å². The van der Waals surface area contributed by atoms with Crippen molar-refractivity contribution in [3.63, 3.8) is 0 Å². The lowest BCUT2D eigenvalue weighted by Gasteiger charge is -2.07. The van der Waals surface area contributed by atoms with Crippen molar-refractivity contribution in [2.75, 3.05) is 12.4 Å². The fraction of sp³-hybridized carbons (Fsp3) is 0.0909. The maximum Gasteiger partial charge on any atom is 0.416 e. The van der Waals surface area contributed by atoms with Crippen LogP contribution >= 0.6 is 11.3 Å². The number of carbonyl (C=O) groups is 2. The van der Waals surface area contributed by atoms with Crippen molar-refractivity contribution in [3.8, 4) is 11.1 Å². The lowest BCUT2D eigenvalue weighted by Crippen LogP contribution is -2.11. The number of ether oxygens (including phenoxy) is 1. The zero-order valence-corrected chi connectivity index (χ0v) is 16.5. The van der Waals surface area contributed by atoms with E-state index in [0.717, 1.165) is 35.1 Å². The van der Waals surface area contributed by atoms with Crippen molar-refractivity contribution in [2.45, 2.75) is 6.18 Å². The number of amides is 1. The molecule has 3 rings (SSSR count). The van der Waals surface area contributed by atoms with Crippen molar-refractivity contribution in [1.29, 1.82) is 0 Å². The van der Waals surface area contributed by atoms with E-state index in [1.54, 1.807) is 5.38 Å². The number of benzene rings is 2. The van der Waals surface area contributed by atoms with Crippen molar-refractivity contribution < 1.29 is 27.5 Å². The van der Waals surface area contributed by atoms with E-state index >= 15 is 0 Å². The number of rotatable bonds is 5. The van der Waals surface area contributed by atoms with Gasteiger partial charge in [0.25, 0.3) is 0 Å². The Morgan fingerprint density at radius 1 is 1.07 bits per heavy atom. The van der Waals surface area contributed by atoms with Crippen LogP contribution < -0.4 is 5.32 Å². The molecule has 0 radical (unpaired) electrons. The molecule has 0 atom stereocenters. The monoisotopic (exact) mass is 431 g/mol. The normalized spacial score (nSPS) is 11.5. The van der Waals surface area contributed by atoms with Gasteiger partial charge in [-0.15, -0.1) is 11.3 Å². The fourth-order valence-electron chi connectivity index (χ4n) is 2.73. The zero-order valence-electron chi connectivity index (χ0n) is 15.7. The van der Waals surface area contributed by atoms with Gasteiger partial charge in [-0.25, -0.2) is 4.79 Å². The van der Waals surface area contributed by atoms with Crippen molar-refractivity contribution in [3.05, 3.63) is 82.7 Å². The molecule has 154 valence electrons. The molecule has 1 amide bonds. The summed E-state index contributed by atoms with van der Waals surface area (Å²) in [5, 5.41) is 4.62. The number of esters is 1. The predicted octanol–water partition coefficient (Wildman–Crippen LogP) is 5.87. The molecule has 1 aromatic heterocycles. The number of anilines is 1. The van der Waals surface area contributed by atoms with E-state index in [1.807, 2.05) is 30.3 Å². The van der Waals surface area contributed by atoms with Gasteiger partial charge in [-0.1, -0.05) is 42.5 Å². The second-order valence-electron chi connectivity index (χ2n) is 6.16. The van der Waals surface area contributed by atoms with Crippen LogP contribution in [-0.2, 0) is 15.7 Å². The van der Waals surface area contributed by atoms with Gasteiger partial charge >= 0.3 is 12.1 Å². The Morgan fingerprint density at radius 3 is 2.47 bits per heavy atom. The molecule has 0 saturated carbocycles. The van der Waals surface area contributed by atoms with E-state index < -0.39 is 23.6 Å². The van der Waals surface area contributed by atoms with E-state index in [1.165, 1.54) is 25.3 Å². The summed E-state index contributed by atoms with van der Waals surface area (Å²) in [7, 11) is 1.24. The van der Waals surface area contributed by atoms with Crippen molar-refractivity contribution in [2.24, 2.45) is 0 Å². The second-order valence-corrected chi connectivity index (χ2v) is 7.04. The Kier molecular flexibility index (Phi) is 6.37. The molecular formula is C22H16F3NO3S. The first kappa shape index (κ1) is 21.3. The van der Waals surface area contributed by atoms with E-state index in [9.17, 15) is 22.8 Å². The third kappa shape index (κ3) is 4.96. The average molecular weight is 431 g/mol. The highest BCUT2D eigenvalue weighted by molar-refractivity contribution is 7.15. The minimum Gasteiger partial charge on any atom is -0.465 e. The summed E-state index contributed by atoms with van der Waals surface area (Å²) in [6.45, 7) is 0. The highest BCUT2D eigenvalue weighted by atomic mass is 32.1. The maximum absolute atomic E-state index is 12.8. The van der Waals surface area contributed by atoms with Gasteiger partial charge in [-0.05, 0) is 29.3 Å². The summed E-state index contributed by atoms with van der Waals surface area (Å²) < 4.78 is 43.3. The zero-order chi connectivity index (χ0) is 21.7. The fourth-order valence-corrected chi connectivity index (χ4v) is 3.69. The van der Waals surface area contributed by atoms with E-state index in [4.69, 9.17) is 4.74 Å². The molecule has 8 heteroatoms. The largest absolute Gasteiger partial charge is 0.465 e. The molecule has 0 bridgehead atoms. The number of thiophene rings is 1. The number of carbonyl (C=O) groups excluding carboxylic acids is 2. The quantitative estimate of drug-likeness (QED) is 0.406. The lowest BCUT2D eigenvalue weighted by molar-refractivity contribution is -0.137. The molecule has 0 unspecified atom stereocenters. The molecular weight excluding hydrogens is 415 g/mol. The minimum absolute atomic E-state index is 0.217. The number of hydrogen-bond acceptors (Lipinski definition) is 4. The Hall–Kier alpha value is -3.39. The van der Waals surface area contributed by atoms with E-state index in [2.05, 4.69) is 5.32 Å². The molecule has 3 aromatic rings. The summed E-state index contributed by atoms with van der Waals surface area (Å²) >= 11 is 1.16. The number of halogens is 3. The molecule has 2 aromatic carbocycles. The number of nitrogens with one attached hydrogen (secondary N) is 1. The summed E-state index contributed by atoms with van der Waals surface area (Å²) in [5.41, 5.74) is 1.04. The van der Waals surface area contributed by atoms with Crippen LogP contribution in [0.1, 0.15) is 21.5 Å². The van der Waals surface area contributed by atoms with Gasteiger partial charge in [0.15, 0.2) is 0 Å². The van der Waals surface area contributed by atoms with E-state index in [-0.39, 0.29) is 11.1 Å². The Labute approximate surface area is 174 Å². The molecule has 30 heavy (non-hydrogen) atoms. The first-order valence-corrected chi connectivity index (χ1v) is 9.59. The number of alkyl halides is 3. The first-order chi connectivity index (χ1) is 14.3. The highest BCUT2D eigenvalue weighted by Gasteiger charge is 2.30. The lowest BCUT2D eigenvalue weighted by atomic mass is 10.0. The summed E-state index contributed by atoms with van der Waals surface area (Å²) in [6.07, 6.45) is -2.08. The highest BCUT2D eigenvalue weighted by Crippen LogP contribution is 2.36. The van der Waals surface area contributed by atoms with Crippen LogP contribution in [0.25, 0.3) is 17.2 Å². The van der Waals surface area contributed by atoms with Gasteiger partial charge in [-0.3, -0.25) is 4.79 Å². The summed E-state index contributed by atoms with van der Waals surface area (Å²) in [5.74, 6) is -1.19. The van der Waals surface area contributed by atoms with Gasteiger partial charge in [-0.2, -0.15) is 13.2 Å². The predicted molar refractivity (Wildman–Crippen MR) is 110 cm³/mol. The van der Waals surface area contributed by atoms with E-state index in [0.29, 0.717) is 10.6 Å². The van der Waals surface area contributed by atoms with Crippen LogP contribution in [0, 0.1) is 0 Å². The van der Waals surface area contributed by atoms with Crippen LogP contribution in [0.15, 0.2) is 66.1 Å². The van der Waals surface area contributed by atoms with Crippen molar-refractivity contribution >= 4 is 34.3 Å².